The Morgan fingerprint density at radius 3 is 1.57 bits per heavy atom. The summed E-state index contributed by atoms with van der Waals surface area (Å²) in [5, 5.41) is 0.781. The number of aromatic amines is 2. The number of hydrogen-bond acceptors (Lipinski definition) is 4. The molecule has 0 aliphatic heterocycles. The van der Waals surface area contributed by atoms with Gasteiger partial charge in [-0.1, -0.05) is 24.3 Å². The topological polar surface area (TPSA) is 82.8 Å². The third-order valence-electron chi connectivity index (χ3n) is 2.94. The standard InChI is InChI=1S/C15H10N2O3S/c18-13-9-5-1-3-7-11(9)21-12-8-4-2-6-10(12)14(19)17-15(20)16-13/h1-8H,(H2,16,17,18,19,20). The lowest BCUT2D eigenvalue weighted by atomic mass is 10.3. The molecule has 1 heterocycles. The molecule has 104 valence electrons. The number of H-pyrrole nitrogens is 2. The van der Waals surface area contributed by atoms with Crippen molar-refractivity contribution in [1.82, 2.24) is 9.97 Å². The van der Waals surface area contributed by atoms with Crippen molar-refractivity contribution in [2.45, 2.75) is 0 Å². The molecule has 3 aromatic rings. The number of rotatable bonds is 0. The fraction of sp³-hybridized carbons (Fsp3) is 0. The Labute approximate surface area is 121 Å². The molecule has 6 heteroatoms. The van der Waals surface area contributed by atoms with Crippen LogP contribution in [0.2, 0.25) is 0 Å². The highest BCUT2D eigenvalue weighted by Crippen LogP contribution is 2.19. The number of aromatic nitrogens is 2. The Bertz CT molecular complexity index is 980. The quantitative estimate of drug-likeness (QED) is 0.665. The van der Waals surface area contributed by atoms with Gasteiger partial charge in [-0.3, -0.25) is 19.6 Å². The van der Waals surface area contributed by atoms with Crippen LogP contribution >= 0.6 is 11.3 Å². The monoisotopic (exact) mass is 298 g/mol. The molecule has 0 amide bonds. The second-order valence-electron chi connectivity index (χ2n) is 4.33. The van der Waals surface area contributed by atoms with Crippen molar-refractivity contribution in [3.05, 3.63) is 79.7 Å². The molecule has 5 nitrogen and oxygen atoms in total. The van der Waals surface area contributed by atoms with Gasteiger partial charge in [-0.2, -0.15) is 0 Å². The van der Waals surface area contributed by atoms with Gasteiger partial charge in [0.1, 0.15) is 0 Å². The normalized spacial score (nSPS) is 10.5. The predicted molar refractivity (Wildman–Crippen MR) is 84.5 cm³/mol. The second-order valence-corrected chi connectivity index (χ2v) is 5.42. The van der Waals surface area contributed by atoms with E-state index >= 15 is 0 Å². The lowest BCUT2D eigenvalue weighted by Gasteiger charge is -1.94. The molecule has 0 fully saturated rings. The van der Waals surface area contributed by atoms with Gasteiger partial charge in [0.25, 0.3) is 11.1 Å². The Kier molecular flexibility index (Phi) is 3.37. The number of benzene rings is 2. The van der Waals surface area contributed by atoms with Gasteiger partial charge in [-0.15, -0.1) is 11.3 Å². The van der Waals surface area contributed by atoms with Crippen LogP contribution in [-0.4, -0.2) is 9.97 Å². The predicted octanol–water partition coefficient (Wildman–Crippen LogP) is 1.92. The molecule has 0 aliphatic rings. The van der Waals surface area contributed by atoms with Crippen molar-refractivity contribution in [3.8, 4) is 0 Å². The van der Waals surface area contributed by atoms with Gasteiger partial charge in [0.2, 0.25) is 0 Å². The van der Waals surface area contributed by atoms with Gasteiger partial charge in [-0.05, 0) is 24.3 Å². The van der Waals surface area contributed by atoms with E-state index in [2.05, 4.69) is 9.97 Å². The maximum Gasteiger partial charge on any atom is 0.328 e. The number of fused-ring (bicyclic) bond motifs is 2. The summed E-state index contributed by atoms with van der Waals surface area (Å²) < 4.78 is 1.37. The Hall–Kier alpha value is -2.73. The SMILES string of the molecule is O=c1[nH]c(=O)c2ccccc2sc2ccccc2c(=O)[nH]1. The van der Waals surface area contributed by atoms with Crippen molar-refractivity contribution >= 4 is 31.5 Å². The Morgan fingerprint density at radius 1 is 0.667 bits per heavy atom. The zero-order valence-electron chi connectivity index (χ0n) is 10.8. The van der Waals surface area contributed by atoms with Crippen molar-refractivity contribution in [2.24, 2.45) is 0 Å². The molecule has 2 aromatic carbocycles. The van der Waals surface area contributed by atoms with Gasteiger partial charge in [-0.25, -0.2) is 4.79 Å². The van der Waals surface area contributed by atoms with E-state index in [0.717, 1.165) is 0 Å². The van der Waals surface area contributed by atoms with Gasteiger partial charge in [0, 0.05) is 9.40 Å². The summed E-state index contributed by atoms with van der Waals surface area (Å²) in [6.45, 7) is 0. The number of hydrogen-bond donors (Lipinski definition) is 2. The highest BCUT2D eigenvalue weighted by atomic mass is 32.1. The minimum absolute atomic E-state index is 0.391. The van der Waals surface area contributed by atoms with Crippen LogP contribution in [0.5, 0.6) is 0 Å². The molecule has 0 spiro atoms. The van der Waals surface area contributed by atoms with Crippen molar-refractivity contribution < 1.29 is 0 Å². The first-order valence-corrected chi connectivity index (χ1v) is 6.99. The third kappa shape index (κ3) is 2.61. The van der Waals surface area contributed by atoms with Gasteiger partial charge >= 0.3 is 5.69 Å². The van der Waals surface area contributed by atoms with E-state index in [9.17, 15) is 14.4 Å². The molecule has 0 radical (unpaired) electrons. The molecule has 0 bridgehead atoms. The molecule has 0 aliphatic carbocycles. The molecule has 0 saturated carbocycles. The smallest absolute Gasteiger partial charge is 0.274 e. The van der Waals surface area contributed by atoms with Gasteiger partial charge in [0.05, 0.1) is 10.8 Å². The van der Waals surface area contributed by atoms with E-state index in [0.29, 0.717) is 20.2 Å². The van der Waals surface area contributed by atoms with E-state index in [1.165, 1.54) is 11.3 Å². The minimum atomic E-state index is -0.832. The molecule has 0 saturated heterocycles. The van der Waals surface area contributed by atoms with Crippen molar-refractivity contribution in [3.63, 3.8) is 0 Å². The van der Waals surface area contributed by atoms with E-state index in [-0.39, 0.29) is 0 Å². The van der Waals surface area contributed by atoms with E-state index < -0.39 is 16.8 Å². The second kappa shape index (κ2) is 5.34. The zero-order valence-corrected chi connectivity index (χ0v) is 11.6. The van der Waals surface area contributed by atoms with Crippen LogP contribution in [0.1, 0.15) is 0 Å². The fourth-order valence-electron chi connectivity index (χ4n) is 1.98. The maximum atomic E-state index is 12.1. The summed E-state index contributed by atoms with van der Waals surface area (Å²) in [6, 6.07) is 13.9. The van der Waals surface area contributed by atoms with Crippen LogP contribution in [-0.2, 0) is 0 Å². The average Bonchev–Trinajstić information content (AvgIpc) is 2.47. The van der Waals surface area contributed by atoms with E-state index in [1.807, 2.05) is 0 Å². The summed E-state index contributed by atoms with van der Waals surface area (Å²) in [6.07, 6.45) is 0. The summed E-state index contributed by atoms with van der Waals surface area (Å²) in [4.78, 5) is 40.1. The van der Waals surface area contributed by atoms with Crippen LogP contribution < -0.4 is 16.8 Å². The zero-order chi connectivity index (χ0) is 14.8. The summed E-state index contributed by atoms with van der Waals surface area (Å²) >= 11 is 1.32. The first-order chi connectivity index (χ1) is 10.1. The summed E-state index contributed by atoms with van der Waals surface area (Å²) in [7, 11) is 0. The largest absolute Gasteiger partial charge is 0.328 e. The van der Waals surface area contributed by atoms with Crippen LogP contribution in [0.4, 0.5) is 0 Å². The molecular formula is C15H10N2O3S. The lowest BCUT2D eigenvalue weighted by Crippen LogP contribution is -2.23. The van der Waals surface area contributed by atoms with Crippen molar-refractivity contribution in [1.29, 1.82) is 0 Å². The maximum absolute atomic E-state index is 12.1. The molecule has 0 unspecified atom stereocenters. The average molecular weight is 298 g/mol. The van der Waals surface area contributed by atoms with Crippen molar-refractivity contribution in [2.75, 3.05) is 0 Å². The summed E-state index contributed by atoms with van der Waals surface area (Å²) in [5.74, 6) is 0. The molecule has 3 rings (SSSR count). The summed E-state index contributed by atoms with van der Waals surface area (Å²) in [5.41, 5.74) is -1.91. The first-order valence-electron chi connectivity index (χ1n) is 6.18. The van der Waals surface area contributed by atoms with Crippen LogP contribution in [0.3, 0.4) is 0 Å². The molecule has 21 heavy (non-hydrogen) atoms. The van der Waals surface area contributed by atoms with Crippen LogP contribution in [0, 0.1) is 0 Å². The van der Waals surface area contributed by atoms with E-state index in [1.54, 1.807) is 48.5 Å². The van der Waals surface area contributed by atoms with Crippen LogP contribution in [0.25, 0.3) is 20.2 Å². The molecular weight excluding hydrogens is 288 g/mol. The third-order valence-corrected chi connectivity index (χ3v) is 4.09. The highest BCUT2D eigenvalue weighted by Gasteiger charge is 1.99. The fourth-order valence-corrected chi connectivity index (χ4v) is 3.05. The Morgan fingerprint density at radius 2 is 1.10 bits per heavy atom. The van der Waals surface area contributed by atoms with Gasteiger partial charge < -0.3 is 0 Å². The minimum Gasteiger partial charge on any atom is -0.274 e. The molecule has 1 aromatic heterocycles. The number of nitrogens with one attached hydrogen (secondary N) is 2. The molecule has 0 atom stereocenters. The van der Waals surface area contributed by atoms with E-state index in [4.69, 9.17) is 0 Å². The highest BCUT2D eigenvalue weighted by molar-refractivity contribution is 7.24. The van der Waals surface area contributed by atoms with Gasteiger partial charge in [0.15, 0.2) is 0 Å². The lowest BCUT2D eigenvalue weighted by molar-refractivity contribution is 1.06. The van der Waals surface area contributed by atoms with Crippen LogP contribution in [0.15, 0.2) is 62.9 Å². The Balaban J connectivity index is 2.72. The first kappa shape index (κ1) is 13.3. The molecule has 2 N–H and O–H groups in total.